The fourth-order valence-corrected chi connectivity index (χ4v) is 4.78. The number of aryl methyl sites for hydroxylation is 1. The molecule has 0 aliphatic carbocycles. The molecule has 0 bridgehead atoms. The van der Waals surface area contributed by atoms with Crippen molar-refractivity contribution in [1.82, 2.24) is 4.31 Å². The molecule has 1 fully saturated rings. The van der Waals surface area contributed by atoms with E-state index < -0.39 is 15.8 Å². The van der Waals surface area contributed by atoms with Crippen molar-refractivity contribution in [2.75, 3.05) is 25.5 Å². The molecule has 0 spiro atoms. The molecule has 3 rings (SSSR count). The first-order chi connectivity index (χ1) is 11.8. The smallest absolute Gasteiger partial charge is 0.308 e. The lowest BCUT2D eigenvalue weighted by atomic mass is 9.99. The Hall–Kier alpha value is -2.00. The molecule has 25 heavy (non-hydrogen) atoms. The highest BCUT2D eigenvalue weighted by Crippen LogP contribution is 2.31. The molecule has 0 atom stereocenters. The largest absolute Gasteiger partial charge is 0.469 e. The Kier molecular flexibility index (Phi) is 4.79. The predicted molar refractivity (Wildman–Crippen MR) is 86.8 cm³/mol. The lowest BCUT2D eigenvalue weighted by molar-refractivity contribution is -0.146. The zero-order valence-electron chi connectivity index (χ0n) is 13.7. The van der Waals surface area contributed by atoms with Crippen molar-refractivity contribution in [3.05, 3.63) is 23.5 Å². The number of carbonyl (C=O) groups excluding carboxylic acids is 2. The quantitative estimate of drug-likeness (QED) is 0.809. The summed E-state index contributed by atoms with van der Waals surface area (Å²) in [6, 6.07) is 2.35. The van der Waals surface area contributed by atoms with Crippen molar-refractivity contribution in [2.24, 2.45) is 5.92 Å². The number of benzene rings is 1. The van der Waals surface area contributed by atoms with Gasteiger partial charge in [-0.05, 0) is 37.0 Å². The molecule has 9 heteroatoms. The first kappa shape index (κ1) is 17.8. The van der Waals surface area contributed by atoms with Crippen molar-refractivity contribution in [3.8, 4) is 0 Å². The second-order valence-electron chi connectivity index (χ2n) is 6.19. The van der Waals surface area contributed by atoms with Crippen LogP contribution in [0.4, 0.5) is 10.1 Å². The Bertz CT molecular complexity index is 816. The van der Waals surface area contributed by atoms with E-state index in [9.17, 15) is 22.4 Å². The summed E-state index contributed by atoms with van der Waals surface area (Å²) in [5, 5.41) is 2.54. The fraction of sp³-hybridized carbons (Fsp3) is 0.500. The standard InChI is InChI=1S/C16H19FN2O5S/c1-24-16(21)10-4-6-19(7-5-10)25(22,23)14-8-11-2-3-15(20)18-13(11)9-12(14)17/h8-10H,2-7H2,1H3,(H,18,20). The minimum atomic E-state index is -4.00. The van der Waals surface area contributed by atoms with Gasteiger partial charge >= 0.3 is 5.97 Å². The lowest BCUT2D eigenvalue weighted by Crippen LogP contribution is -2.40. The summed E-state index contributed by atoms with van der Waals surface area (Å²) in [5.41, 5.74) is 0.918. The predicted octanol–water partition coefficient (Wildman–Crippen LogP) is 1.28. The first-order valence-corrected chi connectivity index (χ1v) is 9.47. The van der Waals surface area contributed by atoms with E-state index in [1.807, 2.05) is 0 Å². The van der Waals surface area contributed by atoms with Gasteiger partial charge in [0.2, 0.25) is 15.9 Å². The van der Waals surface area contributed by atoms with E-state index in [1.54, 1.807) is 0 Å². The van der Waals surface area contributed by atoms with Crippen LogP contribution in [0, 0.1) is 11.7 Å². The number of ether oxygens (including phenoxy) is 1. The summed E-state index contributed by atoms with van der Waals surface area (Å²) in [6.07, 6.45) is 1.29. The highest BCUT2D eigenvalue weighted by atomic mass is 32.2. The topological polar surface area (TPSA) is 92.8 Å². The van der Waals surface area contributed by atoms with Crippen LogP contribution in [0.3, 0.4) is 0 Å². The molecule has 2 heterocycles. The van der Waals surface area contributed by atoms with Gasteiger partial charge in [0.05, 0.1) is 13.0 Å². The number of piperidine rings is 1. The molecule has 0 unspecified atom stereocenters. The van der Waals surface area contributed by atoms with Gasteiger partial charge in [0.1, 0.15) is 10.7 Å². The van der Waals surface area contributed by atoms with Crippen molar-refractivity contribution in [1.29, 1.82) is 0 Å². The Labute approximate surface area is 145 Å². The van der Waals surface area contributed by atoms with Crippen LogP contribution < -0.4 is 5.32 Å². The highest BCUT2D eigenvalue weighted by molar-refractivity contribution is 7.89. The van der Waals surface area contributed by atoms with Gasteiger partial charge < -0.3 is 10.1 Å². The van der Waals surface area contributed by atoms with Gasteiger partial charge in [0.15, 0.2) is 0 Å². The molecule has 2 aliphatic heterocycles. The van der Waals surface area contributed by atoms with E-state index in [0.29, 0.717) is 30.5 Å². The van der Waals surface area contributed by atoms with Gasteiger partial charge in [-0.2, -0.15) is 4.31 Å². The third-order valence-corrected chi connectivity index (χ3v) is 6.57. The van der Waals surface area contributed by atoms with Crippen molar-refractivity contribution < 1.29 is 27.1 Å². The van der Waals surface area contributed by atoms with Gasteiger partial charge in [-0.1, -0.05) is 0 Å². The summed E-state index contributed by atoms with van der Waals surface area (Å²) in [6.45, 7) is 0.269. The molecule has 0 radical (unpaired) electrons. The number of fused-ring (bicyclic) bond motifs is 1. The lowest BCUT2D eigenvalue weighted by Gasteiger charge is -2.30. The summed E-state index contributed by atoms with van der Waals surface area (Å²) in [7, 11) is -2.70. The highest BCUT2D eigenvalue weighted by Gasteiger charge is 2.34. The van der Waals surface area contributed by atoms with E-state index in [-0.39, 0.29) is 42.2 Å². The summed E-state index contributed by atoms with van der Waals surface area (Å²) >= 11 is 0. The molecule has 1 saturated heterocycles. The average Bonchev–Trinajstić information content (AvgIpc) is 2.60. The van der Waals surface area contributed by atoms with Crippen LogP contribution in [0.5, 0.6) is 0 Å². The maximum Gasteiger partial charge on any atom is 0.308 e. The number of nitrogens with zero attached hydrogens (tertiary/aromatic N) is 1. The van der Waals surface area contributed by atoms with E-state index in [4.69, 9.17) is 0 Å². The van der Waals surface area contributed by atoms with Crippen LogP contribution in [0.15, 0.2) is 17.0 Å². The molecular formula is C16H19FN2O5S. The number of nitrogens with one attached hydrogen (secondary N) is 1. The van der Waals surface area contributed by atoms with E-state index >= 15 is 0 Å². The third kappa shape index (κ3) is 3.38. The Morgan fingerprint density at radius 3 is 2.60 bits per heavy atom. The Morgan fingerprint density at radius 2 is 1.96 bits per heavy atom. The molecule has 7 nitrogen and oxygen atoms in total. The molecule has 0 saturated carbocycles. The number of rotatable bonds is 3. The summed E-state index contributed by atoms with van der Waals surface area (Å²) in [4.78, 5) is 22.5. The summed E-state index contributed by atoms with van der Waals surface area (Å²) < 4.78 is 45.8. The van der Waals surface area contributed by atoms with E-state index in [0.717, 1.165) is 6.07 Å². The molecule has 1 aromatic rings. The molecule has 136 valence electrons. The van der Waals surface area contributed by atoms with Crippen LogP contribution >= 0.6 is 0 Å². The first-order valence-electron chi connectivity index (χ1n) is 8.03. The molecule has 1 amide bonds. The number of esters is 1. The number of hydrogen-bond acceptors (Lipinski definition) is 5. The minimum Gasteiger partial charge on any atom is -0.469 e. The Balaban J connectivity index is 1.84. The van der Waals surface area contributed by atoms with Gasteiger partial charge in [0.25, 0.3) is 0 Å². The molecule has 2 aliphatic rings. The number of hydrogen-bond donors (Lipinski definition) is 1. The second kappa shape index (κ2) is 6.72. The fourth-order valence-electron chi connectivity index (χ4n) is 3.21. The second-order valence-corrected chi connectivity index (χ2v) is 8.10. The Morgan fingerprint density at radius 1 is 1.28 bits per heavy atom. The molecule has 1 aromatic carbocycles. The van der Waals surface area contributed by atoms with Crippen LogP contribution in [-0.2, 0) is 30.8 Å². The van der Waals surface area contributed by atoms with E-state index in [1.165, 1.54) is 17.5 Å². The minimum absolute atomic E-state index is 0.134. The van der Waals surface area contributed by atoms with Crippen molar-refractivity contribution >= 4 is 27.6 Å². The van der Waals surface area contributed by atoms with Crippen molar-refractivity contribution in [3.63, 3.8) is 0 Å². The zero-order chi connectivity index (χ0) is 18.2. The maximum atomic E-state index is 14.4. The van der Waals surface area contributed by atoms with E-state index in [2.05, 4.69) is 10.1 Å². The average molecular weight is 370 g/mol. The molecule has 1 N–H and O–H groups in total. The normalized spacial score (nSPS) is 19.2. The molecule has 0 aromatic heterocycles. The maximum absolute atomic E-state index is 14.4. The zero-order valence-corrected chi connectivity index (χ0v) is 14.6. The number of carbonyl (C=O) groups is 2. The number of sulfonamides is 1. The number of amides is 1. The third-order valence-electron chi connectivity index (χ3n) is 4.66. The number of anilines is 1. The van der Waals surface area contributed by atoms with Gasteiger partial charge in [-0.15, -0.1) is 0 Å². The summed E-state index contributed by atoms with van der Waals surface area (Å²) in [5.74, 6) is -1.80. The monoisotopic (exact) mass is 370 g/mol. The number of methoxy groups -OCH3 is 1. The van der Waals surface area contributed by atoms with Crippen LogP contribution in [-0.4, -0.2) is 44.8 Å². The van der Waals surface area contributed by atoms with Crippen LogP contribution in [0.25, 0.3) is 0 Å². The van der Waals surface area contributed by atoms with Crippen LogP contribution in [0.1, 0.15) is 24.8 Å². The van der Waals surface area contributed by atoms with Gasteiger partial charge in [0, 0.05) is 25.2 Å². The van der Waals surface area contributed by atoms with Gasteiger partial charge in [-0.25, -0.2) is 12.8 Å². The van der Waals surface area contributed by atoms with Gasteiger partial charge in [-0.3, -0.25) is 9.59 Å². The SMILES string of the molecule is COC(=O)C1CCN(S(=O)(=O)c2cc3c(cc2F)NC(=O)CC3)CC1. The number of halogens is 1. The van der Waals surface area contributed by atoms with Crippen molar-refractivity contribution in [2.45, 2.75) is 30.6 Å². The molecular weight excluding hydrogens is 351 g/mol. The van der Waals surface area contributed by atoms with Crippen LogP contribution in [0.2, 0.25) is 0 Å².